The lowest BCUT2D eigenvalue weighted by Gasteiger charge is -2.35. The molecule has 3 N–H and O–H groups in total. The first-order chi connectivity index (χ1) is 10.5. The summed E-state index contributed by atoms with van der Waals surface area (Å²) in [6.45, 7) is 3.56. The van der Waals surface area contributed by atoms with Gasteiger partial charge in [-0.3, -0.25) is 4.99 Å². The van der Waals surface area contributed by atoms with E-state index in [1.165, 1.54) is 0 Å². The average molecular weight is 327 g/mol. The fourth-order valence-electron chi connectivity index (χ4n) is 2.09. The van der Waals surface area contributed by atoms with Gasteiger partial charge >= 0.3 is 0 Å². The van der Waals surface area contributed by atoms with Crippen LogP contribution in [0.4, 0.5) is 5.95 Å². The fourth-order valence-corrected chi connectivity index (χ4v) is 2.55. The highest BCUT2D eigenvalue weighted by Gasteiger charge is 2.19. The zero-order valence-electron chi connectivity index (χ0n) is 12.5. The molecule has 2 heterocycles. The van der Waals surface area contributed by atoms with E-state index in [1.54, 1.807) is 18.5 Å². The Morgan fingerprint density at radius 3 is 2.55 bits per heavy atom. The molecule has 2 rings (SSSR count). The highest BCUT2D eigenvalue weighted by atomic mass is 32.2. The summed E-state index contributed by atoms with van der Waals surface area (Å²) >= 11 is 0. The second-order valence-corrected chi connectivity index (χ2v) is 6.76. The van der Waals surface area contributed by atoms with E-state index >= 15 is 0 Å². The van der Waals surface area contributed by atoms with Crippen molar-refractivity contribution in [1.82, 2.24) is 19.6 Å². The molecule has 0 aliphatic carbocycles. The molecule has 1 saturated heterocycles. The van der Waals surface area contributed by atoms with E-state index in [4.69, 9.17) is 5.73 Å². The molecule has 1 fully saturated rings. The van der Waals surface area contributed by atoms with Crippen molar-refractivity contribution in [2.75, 3.05) is 50.4 Å². The molecule has 0 atom stereocenters. The molecule has 0 saturated carbocycles. The maximum atomic E-state index is 10.9. The van der Waals surface area contributed by atoms with Gasteiger partial charge in [0.05, 0.1) is 12.8 Å². The molecule has 1 aromatic heterocycles. The normalized spacial score (nSPS) is 16.9. The number of sulfonamides is 1. The lowest BCUT2D eigenvalue weighted by atomic mass is 10.3. The van der Waals surface area contributed by atoms with Crippen LogP contribution in [0.5, 0.6) is 0 Å². The average Bonchev–Trinajstić information content (AvgIpc) is 2.51. The van der Waals surface area contributed by atoms with Crippen molar-refractivity contribution < 1.29 is 8.42 Å². The SMILES string of the molecule is CS(=O)(=O)NCCN=C(N)N1CCN(c2ncccn2)CC1. The number of aromatic nitrogens is 2. The molecule has 1 aromatic rings. The number of hydrogen-bond donors (Lipinski definition) is 2. The standard InChI is InChI=1S/C12H21N7O2S/c1-22(20,21)17-6-5-14-11(13)18-7-9-19(10-8-18)12-15-3-2-4-16-12/h2-4,17H,5-10H2,1H3,(H2,13,14). The van der Waals surface area contributed by atoms with Crippen LogP contribution >= 0.6 is 0 Å². The van der Waals surface area contributed by atoms with Gasteiger partial charge in [-0.25, -0.2) is 23.1 Å². The third-order valence-corrected chi connectivity index (χ3v) is 3.92. The number of nitrogens with one attached hydrogen (secondary N) is 1. The van der Waals surface area contributed by atoms with Gasteiger partial charge in [-0.2, -0.15) is 0 Å². The van der Waals surface area contributed by atoms with E-state index < -0.39 is 10.0 Å². The summed E-state index contributed by atoms with van der Waals surface area (Å²) in [5, 5.41) is 0. The Morgan fingerprint density at radius 2 is 1.95 bits per heavy atom. The maximum absolute atomic E-state index is 10.9. The van der Waals surface area contributed by atoms with E-state index in [-0.39, 0.29) is 6.54 Å². The zero-order valence-corrected chi connectivity index (χ0v) is 13.3. The topological polar surface area (TPSA) is 117 Å². The number of anilines is 1. The summed E-state index contributed by atoms with van der Waals surface area (Å²) in [6.07, 6.45) is 4.56. The zero-order chi connectivity index (χ0) is 16.0. The van der Waals surface area contributed by atoms with Crippen LogP contribution in [0.3, 0.4) is 0 Å². The minimum atomic E-state index is -3.18. The fraction of sp³-hybridized carbons (Fsp3) is 0.583. The highest BCUT2D eigenvalue weighted by molar-refractivity contribution is 7.88. The van der Waals surface area contributed by atoms with Crippen LogP contribution in [0.15, 0.2) is 23.5 Å². The van der Waals surface area contributed by atoms with Gasteiger partial charge in [0.1, 0.15) is 0 Å². The predicted molar refractivity (Wildman–Crippen MR) is 85.2 cm³/mol. The van der Waals surface area contributed by atoms with Gasteiger partial charge < -0.3 is 15.5 Å². The second kappa shape index (κ2) is 7.36. The van der Waals surface area contributed by atoms with Gasteiger partial charge in [0.25, 0.3) is 0 Å². The van der Waals surface area contributed by atoms with E-state index in [0.29, 0.717) is 12.5 Å². The van der Waals surface area contributed by atoms with Gasteiger partial charge in [0, 0.05) is 45.1 Å². The summed E-state index contributed by atoms with van der Waals surface area (Å²) in [7, 11) is -3.18. The van der Waals surface area contributed by atoms with Crippen LogP contribution in [0, 0.1) is 0 Å². The smallest absolute Gasteiger partial charge is 0.225 e. The van der Waals surface area contributed by atoms with Crippen LogP contribution < -0.4 is 15.4 Å². The molecule has 0 spiro atoms. The van der Waals surface area contributed by atoms with Crippen LogP contribution in [-0.4, -0.2) is 74.8 Å². The van der Waals surface area contributed by atoms with Gasteiger partial charge in [0.15, 0.2) is 5.96 Å². The van der Waals surface area contributed by atoms with Crippen LogP contribution in [-0.2, 0) is 10.0 Å². The van der Waals surface area contributed by atoms with Crippen LogP contribution in [0.2, 0.25) is 0 Å². The first kappa shape index (κ1) is 16.4. The molecule has 9 nitrogen and oxygen atoms in total. The molecule has 0 radical (unpaired) electrons. The molecule has 122 valence electrons. The molecule has 0 aromatic carbocycles. The van der Waals surface area contributed by atoms with E-state index in [1.807, 2.05) is 4.90 Å². The Hall–Kier alpha value is -1.94. The summed E-state index contributed by atoms with van der Waals surface area (Å²) in [6, 6.07) is 1.79. The number of nitrogens with zero attached hydrogens (tertiary/aromatic N) is 5. The molecule has 0 bridgehead atoms. The van der Waals surface area contributed by atoms with Gasteiger partial charge in [0.2, 0.25) is 16.0 Å². The largest absolute Gasteiger partial charge is 0.370 e. The number of rotatable bonds is 5. The molecule has 1 aliphatic rings. The minimum Gasteiger partial charge on any atom is -0.370 e. The van der Waals surface area contributed by atoms with Crippen molar-refractivity contribution in [3.05, 3.63) is 18.5 Å². The molecule has 0 unspecified atom stereocenters. The Labute approximate surface area is 130 Å². The molecular formula is C12H21N7O2S. The number of aliphatic imine (C=N–C) groups is 1. The first-order valence-electron chi connectivity index (χ1n) is 6.97. The third-order valence-electron chi connectivity index (χ3n) is 3.19. The predicted octanol–water partition coefficient (Wildman–Crippen LogP) is -1.54. The summed E-state index contributed by atoms with van der Waals surface area (Å²) in [5.41, 5.74) is 5.93. The van der Waals surface area contributed by atoms with Crippen LogP contribution in [0.25, 0.3) is 0 Å². The van der Waals surface area contributed by atoms with Gasteiger partial charge in [-0.1, -0.05) is 0 Å². The van der Waals surface area contributed by atoms with E-state index in [9.17, 15) is 8.42 Å². The highest BCUT2D eigenvalue weighted by Crippen LogP contribution is 2.09. The summed E-state index contributed by atoms with van der Waals surface area (Å²) in [5.74, 6) is 1.15. The molecule has 0 amide bonds. The van der Waals surface area contributed by atoms with Crippen LogP contribution in [0.1, 0.15) is 0 Å². The van der Waals surface area contributed by atoms with E-state index in [0.717, 1.165) is 38.4 Å². The van der Waals surface area contributed by atoms with Crippen molar-refractivity contribution in [2.45, 2.75) is 0 Å². The first-order valence-corrected chi connectivity index (χ1v) is 8.86. The molecule has 1 aliphatic heterocycles. The van der Waals surface area contributed by atoms with Crippen molar-refractivity contribution in [3.63, 3.8) is 0 Å². The Kier molecular flexibility index (Phi) is 5.50. The van der Waals surface area contributed by atoms with Gasteiger partial charge in [-0.05, 0) is 6.07 Å². The number of nitrogens with two attached hydrogens (primary N) is 1. The Morgan fingerprint density at radius 1 is 1.32 bits per heavy atom. The lowest BCUT2D eigenvalue weighted by molar-refractivity contribution is 0.378. The monoisotopic (exact) mass is 327 g/mol. The maximum Gasteiger partial charge on any atom is 0.225 e. The lowest BCUT2D eigenvalue weighted by Crippen LogP contribution is -2.51. The molecule has 22 heavy (non-hydrogen) atoms. The van der Waals surface area contributed by atoms with Crippen molar-refractivity contribution >= 4 is 21.9 Å². The minimum absolute atomic E-state index is 0.247. The summed E-state index contributed by atoms with van der Waals surface area (Å²) in [4.78, 5) is 16.7. The summed E-state index contributed by atoms with van der Waals surface area (Å²) < 4.78 is 24.2. The second-order valence-electron chi connectivity index (χ2n) is 4.93. The number of hydrogen-bond acceptors (Lipinski definition) is 6. The van der Waals surface area contributed by atoms with Crippen molar-refractivity contribution in [1.29, 1.82) is 0 Å². The molecule has 10 heteroatoms. The van der Waals surface area contributed by atoms with Crippen molar-refractivity contribution in [2.24, 2.45) is 10.7 Å². The number of piperazine rings is 1. The molecular weight excluding hydrogens is 306 g/mol. The quantitative estimate of drug-likeness (QED) is 0.382. The third kappa shape index (κ3) is 5.11. The van der Waals surface area contributed by atoms with Gasteiger partial charge in [-0.15, -0.1) is 0 Å². The Balaban J connectivity index is 1.78. The number of guanidine groups is 1. The Bertz CT molecular complexity index is 597. The van der Waals surface area contributed by atoms with E-state index in [2.05, 4.69) is 24.6 Å². The van der Waals surface area contributed by atoms with Crippen molar-refractivity contribution in [3.8, 4) is 0 Å².